The van der Waals surface area contributed by atoms with Crippen molar-refractivity contribution in [1.82, 2.24) is 5.32 Å². The van der Waals surface area contributed by atoms with Gasteiger partial charge in [0.2, 0.25) is 5.91 Å². The van der Waals surface area contributed by atoms with Crippen molar-refractivity contribution in [3.8, 4) is 0 Å². The zero-order valence-corrected chi connectivity index (χ0v) is 39.0. The predicted octanol–water partition coefficient (Wildman–Crippen LogP) is 15.1. The third-order valence-electron chi connectivity index (χ3n) is 11.3. The molecule has 0 aliphatic rings. The van der Waals surface area contributed by atoms with Crippen LogP contribution in [0.3, 0.4) is 0 Å². The van der Waals surface area contributed by atoms with Crippen LogP contribution in [0.4, 0.5) is 0 Å². The van der Waals surface area contributed by atoms with Crippen LogP contribution in [-0.4, -0.2) is 47.4 Å². The summed E-state index contributed by atoms with van der Waals surface area (Å²) in [6.07, 6.45) is 59.7. The molecule has 0 aromatic carbocycles. The maximum Gasteiger partial charge on any atom is 0.305 e. The summed E-state index contributed by atoms with van der Waals surface area (Å²) in [5.74, 6) is -0.113. The smallest absolute Gasteiger partial charge is 0.305 e. The van der Waals surface area contributed by atoms with Crippen molar-refractivity contribution in [2.45, 2.75) is 264 Å². The lowest BCUT2D eigenvalue weighted by molar-refractivity contribution is -0.143. The van der Waals surface area contributed by atoms with Gasteiger partial charge in [-0.25, -0.2) is 0 Å². The average molecular weight is 828 g/mol. The molecule has 0 bridgehead atoms. The van der Waals surface area contributed by atoms with Gasteiger partial charge in [-0.05, 0) is 96.3 Å². The van der Waals surface area contributed by atoms with Crippen molar-refractivity contribution < 1.29 is 24.5 Å². The molecule has 0 fully saturated rings. The van der Waals surface area contributed by atoms with Crippen LogP contribution in [0.1, 0.15) is 251 Å². The van der Waals surface area contributed by atoms with Crippen molar-refractivity contribution in [2.75, 3.05) is 13.2 Å². The monoisotopic (exact) mass is 828 g/mol. The van der Waals surface area contributed by atoms with E-state index in [1.165, 1.54) is 141 Å². The average Bonchev–Trinajstić information content (AvgIpc) is 3.24. The third kappa shape index (κ3) is 45.2. The molecular formula is C53H97NO5. The van der Waals surface area contributed by atoms with Gasteiger partial charge in [-0.2, -0.15) is 0 Å². The highest BCUT2D eigenvalue weighted by Gasteiger charge is 2.18. The number of rotatable bonds is 46. The maximum atomic E-state index is 12.4. The van der Waals surface area contributed by atoms with E-state index in [-0.39, 0.29) is 18.5 Å². The summed E-state index contributed by atoms with van der Waals surface area (Å²) >= 11 is 0. The fourth-order valence-electron chi connectivity index (χ4n) is 7.36. The topological polar surface area (TPSA) is 95.9 Å². The van der Waals surface area contributed by atoms with E-state index in [4.69, 9.17) is 4.74 Å². The second-order valence-corrected chi connectivity index (χ2v) is 17.1. The summed E-state index contributed by atoms with van der Waals surface area (Å²) in [5.41, 5.74) is 0. The number of nitrogens with one attached hydrogen (secondary N) is 1. The zero-order chi connectivity index (χ0) is 43.0. The lowest BCUT2D eigenvalue weighted by Gasteiger charge is -2.20. The number of carbonyl (C=O) groups excluding carboxylic acids is 2. The molecule has 0 saturated carbocycles. The highest BCUT2D eigenvalue weighted by atomic mass is 16.5. The van der Waals surface area contributed by atoms with E-state index >= 15 is 0 Å². The molecule has 1 amide bonds. The number of aliphatic hydroxyl groups is 2. The van der Waals surface area contributed by atoms with Crippen LogP contribution in [0.5, 0.6) is 0 Å². The second kappa shape index (κ2) is 48.5. The van der Waals surface area contributed by atoms with Crippen LogP contribution < -0.4 is 5.32 Å². The SMILES string of the molecule is CCCCCC/C=C\CCCCCCCC(=O)OCCCCC/C=C\C/C=C\CCCCCCCCCC(=O)NC(CO)C(O)/C=C/CCCCCCCCCCCC. The summed E-state index contributed by atoms with van der Waals surface area (Å²) in [6, 6.07) is -0.639. The van der Waals surface area contributed by atoms with Gasteiger partial charge in [0.15, 0.2) is 0 Å². The minimum absolute atomic E-state index is 0.0268. The van der Waals surface area contributed by atoms with Crippen LogP contribution in [0, 0.1) is 0 Å². The molecule has 0 rings (SSSR count). The molecule has 6 nitrogen and oxygen atoms in total. The molecule has 0 aromatic rings. The van der Waals surface area contributed by atoms with Gasteiger partial charge in [-0.3, -0.25) is 9.59 Å². The molecular weight excluding hydrogens is 731 g/mol. The lowest BCUT2D eigenvalue weighted by Crippen LogP contribution is -2.45. The minimum Gasteiger partial charge on any atom is -0.466 e. The number of carbonyl (C=O) groups is 2. The molecule has 0 aliphatic heterocycles. The molecule has 0 radical (unpaired) electrons. The molecule has 344 valence electrons. The second-order valence-electron chi connectivity index (χ2n) is 17.1. The summed E-state index contributed by atoms with van der Waals surface area (Å²) in [7, 11) is 0. The molecule has 2 unspecified atom stereocenters. The normalized spacial score (nSPS) is 13.1. The lowest BCUT2D eigenvalue weighted by atomic mass is 10.1. The Morgan fingerprint density at radius 3 is 1.32 bits per heavy atom. The Bertz CT molecular complexity index is 1000. The van der Waals surface area contributed by atoms with E-state index < -0.39 is 12.1 Å². The van der Waals surface area contributed by atoms with E-state index in [9.17, 15) is 19.8 Å². The van der Waals surface area contributed by atoms with Gasteiger partial charge in [0, 0.05) is 12.8 Å². The Morgan fingerprint density at radius 2 is 0.847 bits per heavy atom. The molecule has 3 N–H and O–H groups in total. The van der Waals surface area contributed by atoms with Crippen molar-refractivity contribution in [2.24, 2.45) is 0 Å². The number of allylic oxidation sites excluding steroid dienone is 7. The fourth-order valence-corrected chi connectivity index (χ4v) is 7.36. The maximum absolute atomic E-state index is 12.4. The number of esters is 1. The van der Waals surface area contributed by atoms with Gasteiger partial charge in [0.1, 0.15) is 0 Å². The summed E-state index contributed by atoms with van der Waals surface area (Å²) in [4.78, 5) is 24.4. The molecule has 2 atom stereocenters. The molecule has 0 aromatic heterocycles. The number of aliphatic hydroxyl groups excluding tert-OH is 2. The summed E-state index contributed by atoms with van der Waals surface area (Å²) in [5, 5.41) is 23.0. The number of unbranched alkanes of at least 4 members (excludes halogenated alkanes) is 29. The molecule has 0 spiro atoms. The Hall–Kier alpha value is -2.18. The number of hydrogen-bond donors (Lipinski definition) is 3. The Balaban J connectivity index is 3.54. The van der Waals surface area contributed by atoms with Gasteiger partial charge < -0.3 is 20.3 Å². The van der Waals surface area contributed by atoms with E-state index in [2.05, 4.69) is 55.6 Å². The summed E-state index contributed by atoms with van der Waals surface area (Å²) < 4.78 is 5.43. The number of hydrogen-bond acceptors (Lipinski definition) is 5. The quantitative estimate of drug-likeness (QED) is 0.0323. The van der Waals surface area contributed by atoms with Gasteiger partial charge in [0.05, 0.1) is 25.4 Å². The first-order valence-electron chi connectivity index (χ1n) is 25.4. The first kappa shape index (κ1) is 56.8. The van der Waals surface area contributed by atoms with E-state index in [0.29, 0.717) is 19.4 Å². The van der Waals surface area contributed by atoms with Crippen molar-refractivity contribution in [1.29, 1.82) is 0 Å². The number of amides is 1. The molecule has 0 heterocycles. The highest BCUT2D eigenvalue weighted by Crippen LogP contribution is 2.14. The van der Waals surface area contributed by atoms with Crippen LogP contribution in [-0.2, 0) is 14.3 Å². The van der Waals surface area contributed by atoms with Crippen LogP contribution in [0.2, 0.25) is 0 Å². The van der Waals surface area contributed by atoms with E-state index in [1.807, 2.05) is 6.08 Å². The summed E-state index contributed by atoms with van der Waals surface area (Å²) in [6.45, 7) is 4.82. The van der Waals surface area contributed by atoms with E-state index in [0.717, 1.165) is 83.5 Å². The Labute approximate surface area is 366 Å². The molecule has 59 heavy (non-hydrogen) atoms. The first-order chi connectivity index (χ1) is 29.0. The van der Waals surface area contributed by atoms with Crippen LogP contribution >= 0.6 is 0 Å². The predicted molar refractivity (Wildman–Crippen MR) is 255 cm³/mol. The van der Waals surface area contributed by atoms with Gasteiger partial charge in [-0.1, -0.05) is 191 Å². The minimum atomic E-state index is -0.854. The third-order valence-corrected chi connectivity index (χ3v) is 11.3. The highest BCUT2D eigenvalue weighted by molar-refractivity contribution is 5.76. The van der Waals surface area contributed by atoms with Gasteiger partial charge in [0.25, 0.3) is 0 Å². The fraction of sp³-hybridized carbons (Fsp3) is 0.811. The Morgan fingerprint density at radius 1 is 0.475 bits per heavy atom. The molecule has 0 aliphatic carbocycles. The van der Waals surface area contributed by atoms with E-state index in [1.54, 1.807) is 6.08 Å². The standard InChI is InChI=1S/C53H97NO5/c1-3-5-7-9-11-13-15-22-27-31-35-39-43-47-53(58)59-48-44-40-36-32-28-24-21-19-17-18-20-23-26-30-34-38-42-46-52(57)54-50(49-55)51(56)45-41-37-33-29-25-16-14-12-10-8-6-4-2/h13,15,17,19,24,28,41,45,50-51,55-56H,3-12,14,16,18,20-23,25-27,29-40,42-44,46-49H2,1-2H3,(H,54,57)/b15-13-,19-17-,28-24-,45-41+. The first-order valence-corrected chi connectivity index (χ1v) is 25.4. The van der Waals surface area contributed by atoms with Crippen molar-refractivity contribution >= 4 is 11.9 Å². The van der Waals surface area contributed by atoms with Crippen LogP contribution in [0.15, 0.2) is 48.6 Å². The van der Waals surface area contributed by atoms with Crippen LogP contribution in [0.25, 0.3) is 0 Å². The van der Waals surface area contributed by atoms with Crippen molar-refractivity contribution in [3.63, 3.8) is 0 Å². The zero-order valence-electron chi connectivity index (χ0n) is 39.0. The van der Waals surface area contributed by atoms with Gasteiger partial charge >= 0.3 is 5.97 Å². The molecule has 6 heteroatoms. The largest absolute Gasteiger partial charge is 0.466 e. The Kier molecular flexibility index (Phi) is 46.7. The van der Waals surface area contributed by atoms with Gasteiger partial charge in [-0.15, -0.1) is 0 Å². The van der Waals surface area contributed by atoms with Crippen molar-refractivity contribution in [3.05, 3.63) is 48.6 Å². The molecule has 0 saturated heterocycles. The number of ether oxygens (including phenoxy) is 1.